The van der Waals surface area contributed by atoms with E-state index in [0.29, 0.717) is 18.7 Å². The van der Waals surface area contributed by atoms with Gasteiger partial charge in [0.1, 0.15) is 30.4 Å². The van der Waals surface area contributed by atoms with Crippen molar-refractivity contribution < 1.29 is 27.2 Å². The molecule has 1 aromatic carbocycles. The number of benzene rings is 1. The number of nitrogens with zero attached hydrogens (tertiary/aromatic N) is 2. The first-order valence-electron chi connectivity index (χ1n) is 8.28. The number of carbonyl (C=O) groups excluding carboxylic acids is 1. The molecule has 0 aliphatic carbocycles. The van der Waals surface area contributed by atoms with Crippen LogP contribution in [-0.4, -0.2) is 41.7 Å². The molecule has 3 rings (SSSR count). The molecular formula is C17H19F3N4O3. The second kappa shape index (κ2) is 7.97. The highest BCUT2D eigenvalue weighted by Gasteiger charge is 2.32. The van der Waals surface area contributed by atoms with Crippen molar-refractivity contribution in [3.8, 4) is 5.75 Å². The van der Waals surface area contributed by atoms with Gasteiger partial charge in [-0.05, 0) is 24.6 Å². The average molecular weight is 384 g/mol. The molecule has 146 valence electrons. The lowest BCUT2D eigenvalue weighted by Gasteiger charge is -2.19. The van der Waals surface area contributed by atoms with E-state index in [9.17, 15) is 18.0 Å². The molecule has 1 fully saturated rings. The van der Waals surface area contributed by atoms with Crippen LogP contribution < -0.4 is 15.6 Å². The molecule has 7 nitrogen and oxygen atoms in total. The van der Waals surface area contributed by atoms with Crippen LogP contribution in [0.3, 0.4) is 0 Å². The predicted octanol–water partition coefficient (Wildman–Crippen LogP) is 1.97. The van der Waals surface area contributed by atoms with Crippen molar-refractivity contribution in [3.05, 3.63) is 47.9 Å². The summed E-state index contributed by atoms with van der Waals surface area (Å²) >= 11 is 0. The van der Waals surface area contributed by atoms with Crippen molar-refractivity contribution in [2.45, 2.75) is 31.2 Å². The van der Waals surface area contributed by atoms with Crippen molar-refractivity contribution in [1.82, 2.24) is 20.9 Å². The van der Waals surface area contributed by atoms with E-state index in [1.165, 1.54) is 23.3 Å². The third kappa shape index (κ3) is 4.98. The molecule has 10 heteroatoms. The highest BCUT2D eigenvalue weighted by atomic mass is 19.4. The number of halogens is 3. The molecule has 27 heavy (non-hydrogen) atoms. The average Bonchev–Trinajstić information content (AvgIpc) is 3.30. The maximum absolute atomic E-state index is 12.7. The molecule has 0 bridgehead atoms. The Morgan fingerprint density at radius 2 is 2.19 bits per heavy atom. The first kappa shape index (κ1) is 19.2. The summed E-state index contributed by atoms with van der Waals surface area (Å²) in [6.07, 6.45) is -2.54. The minimum atomic E-state index is -4.42. The molecule has 1 aliphatic heterocycles. The van der Waals surface area contributed by atoms with Crippen molar-refractivity contribution in [2.75, 3.05) is 13.7 Å². The Hall–Kier alpha value is -2.59. The zero-order chi connectivity index (χ0) is 19.4. The summed E-state index contributed by atoms with van der Waals surface area (Å²) in [5.74, 6) is -0.00313. The van der Waals surface area contributed by atoms with Gasteiger partial charge in [-0.2, -0.15) is 13.2 Å². The molecule has 1 aliphatic rings. The van der Waals surface area contributed by atoms with Gasteiger partial charge in [0.15, 0.2) is 0 Å². The molecule has 1 saturated heterocycles. The van der Waals surface area contributed by atoms with Crippen LogP contribution in [0, 0.1) is 0 Å². The third-order valence-electron chi connectivity index (χ3n) is 4.16. The van der Waals surface area contributed by atoms with Crippen molar-refractivity contribution in [3.63, 3.8) is 0 Å². The van der Waals surface area contributed by atoms with Gasteiger partial charge in [-0.1, -0.05) is 11.2 Å². The molecule has 2 atom stereocenters. The summed E-state index contributed by atoms with van der Waals surface area (Å²) in [5.41, 5.74) is 5.71. The van der Waals surface area contributed by atoms with Crippen LogP contribution in [-0.2, 0) is 17.5 Å². The van der Waals surface area contributed by atoms with Crippen LogP contribution in [0.2, 0.25) is 0 Å². The van der Waals surface area contributed by atoms with Crippen molar-refractivity contribution in [2.24, 2.45) is 0 Å². The van der Waals surface area contributed by atoms with Crippen LogP contribution in [0.25, 0.3) is 0 Å². The van der Waals surface area contributed by atoms with E-state index in [0.717, 1.165) is 12.1 Å². The van der Waals surface area contributed by atoms with Gasteiger partial charge in [0.25, 0.3) is 0 Å². The number of rotatable bonds is 6. The number of hydrogen-bond acceptors (Lipinski definition) is 6. The molecule has 2 aromatic rings. The van der Waals surface area contributed by atoms with E-state index in [1.807, 2.05) is 0 Å². The van der Waals surface area contributed by atoms with Crippen molar-refractivity contribution in [1.29, 1.82) is 0 Å². The molecule has 0 saturated carbocycles. The smallest absolute Gasteiger partial charge is 0.416 e. The van der Waals surface area contributed by atoms with E-state index in [4.69, 9.17) is 9.26 Å². The van der Waals surface area contributed by atoms with Crippen LogP contribution in [0.4, 0.5) is 13.2 Å². The molecule has 1 amide bonds. The molecule has 0 spiro atoms. The van der Waals surface area contributed by atoms with Gasteiger partial charge >= 0.3 is 6.18 Å². The van der Waals surface area contributed by atoms with Crippen LogP contribution in [0.5, 0.6) is 5.75 Å². The molecule has 0 radical (unpaired) electrons. The number of carbonyl (C=O) groups is 1. The summed E-state index contributed by atoms with van der Waals surface area (Å²) in [5, 5.41) is 3.76. The standard InChI is InChI=1S/C17H19F3N4O3/c1-24(9-12-5-6-27-23-12)16(25)15-8-13(21-22-15)10-26-14-4-2-3-11(7-14)17(18,19)20/h2-7,13,15,21-22H,8-10H2,1H3. The zero-order valence-corrected chi connectivity index (χ0v) is 14.5. The van der Waals surface area contributed by atoms with E-state index < -0.39 is 17.8 Å². The monoisotopic (exact) mass is 384 g/mol. The van der Waals surface area contributed by atoms with Gasteiger partial charge in [-0.15, -0.1) is 0 Å². The number of hydrogen-bond donors (Lipinski definition) is 2. The van der Waals surface area contributed by atoms with Gasteiger partial charge in [0, 0.05) is 13.1 Å². The summed E-state index contributed by atoms with van der Waals surface area (Å²) in [6.45, 7) is 0.448. The van der Waals surface area contributed by atoms with Gasteiger partial charge < -0.3 is 14.2 Å². The SMILES string of the molecule is CN(Cc1ccon1)C(=O)C1CC(COc2cccc(C(F)(F)F)c2)NN1. The van der Waals surface area contributed by atoms with E-state index in [1.54, 1.807) is 13.1 Å². The highest BCUT2D eigenvalue weighted by molar-refractivity contribution is 5.81. The highest BCUT2D eigenvalue weighted by Crippen LogP contribution is 2.31. The zero-order valence-electron chi connectivity index (χ0n) is 14.5. The second-order valence-corrected chi connectivity index (χ2v) is 6.30. The number of ether oxygens (including phenoxy) is 1. The van der Waals surface area contributed by atoms with E-state index in [2.05, 4.69) is 16.0 Å². The predicted molar refractivity (Wildman–Crippen MR) is 88.4 cm³/mol. The lowest BCUT2D eigenvalue weighted by Crippen LogP contribution is -2.44. The van der Waals surface area contributed by atoms with E-state index >= 15 is 0 Å². The first-order valence-corrected chi connectivity index (χ1v) is 8.28. The van der Waals surface area contributed by atoms with Gasteiger partial charge in [-0.3, -0.25) is 10.2 Å². The van der Waals surface area contributed by atoms with Crippen LogP contribution in [0.1, 0.15) is 17.7 Å². The Labute approximate surface area is 153 Å². The summed E-state index contributed by atoms with van der Waals surface area (Å²) in [4.78, 5) is 14.0. The van der Waals surface area contributed by atoms with Crippen molar-refractivity contribution >= 4 is 5.91 Å². The number of hydrazine groups is 1. The number of alkyl halides is 3. The number of likely N-dealkylation sites (N-methyl/N-ethyl adjacent to an activating group) is 1. The topological polar surface area (TPSA) is 79.6 Å². The lowest BCUT2D eigenvalue weighted by atomic mass is 10.1. The quantitative estimate of drug-likeness (QED) is 0.793. The summed E-state index contributed by atoms with van der Waals surface area (Å²) < 4.78 is 48.4. The number of amides is 1. The van der Waals surface area contributed by atoms with Crippen LogP contribution >= 0.6 is 0 Å². The minimum absolute atomic E-state index is 0.129. The Morgan fingerprint density at radius 1 is 1.37 bits per heavy atom. The molecule has 1 aromatic heterocycles. The molecular weight excluding hydrogens is 365 g/mol. The summed E-state index contributed by atoms with van der Waals surface area (Å²) in [7, 11) is 1.66. The molecule has 2 N–H and O–H groups in total. The number of nitrogens with one attached hydrogen (secondary N) is 2. The van der Waals surface area contributed by atoms with Gasteiger partial charge in [-0.25, -0.2) is 5.43 Å². The fourth-order valence-corrected chi connectivity index (χ4v) is 2.76. The maximum Gasteiger partial charge on any atom is 0.416 e. The molecule has 2 heterocycles. The number of aromatic nitrogens is 1. The van der Waals surface area contributed by atoms with Gasteiger partial charge in [0.05, 0.1) is 18.2 Å². The second-order valence-electron chi connectivity index (χ2n) is 6.30. The first-order chi connectivity index (χ1) is 12.8. The fraction of sp³-hybridized carbons (Fsp3) is 0.412. The maximum atomic E-state index is 12.7. The summed E-state index contributed by atoms with van der Waals surface area (Å²) in [6, 6.07) is 5.70. The minimum Gasteiger partial charge on any atom is -0.492 e. The molecule has 2 unspecified atom stereocenters. The lowest BCUT2D eigenvalue weighted by molar-refractivity contribution is -0.137. The fourth-order valence-electron chi connectivity index (χ4n) is 2.76. The Kier molecular flexibility index (Phi) is 5.66. The third-order valence-corrected chi connectivity index (χ3v) is 4.16. The van der Waals surface area contributed by atoms with Crippen LogP contribution in [0.15, 0.2) is 41.1 Å². The Bertz CT molecular complexity index is 767. The normalized spacial score (nSPS) is 19.9. The van der Waals surface area contributed by atoms with E-state index in [-0.39, 0.29) is 24.3 Å². The van der Waals surface area contributed by atoms with Gasteiger partial charge in [0.2, 0.25) is 5.91 Å². The largest absolute Gasteiger partial charge is 0.492 e. The Morgan fingerprint density at radius 3 is 2.89 bits per heavy atom. The Balaban J connectivity index is 1.49.